The van der Waals surface area contributed by atoms with Gasteiger partial charge in [0, 0.05) is 19.0 Å². The van der Waals surface area contributed by atoms with Gasteiger partial charge in [-0.2, -0.15) is 5.26 Å². The van der Waals surface area contributed by atoms with E-state index in [-0.39, 0.29) is 17.4 Å². The molecule has 0 amide bonds. The van der Waals surface area contributed by atoms with E-state index in [4.69, 9.17) is 0 Å². The maximum Gasteiger partial charge on any atom is 0.332 e. The third kappa shape index (κ3) is 3.37. The number of thiophene rings is 1. The van der Waals surface area contributed by atoms with Crippen molar-refractivity contribution < 1.29 is 0 Å². The van der Waals surface area contributed by atoms with Crippen molar-refractivity contribution in [2.75, 3.05) is 5.32 Å². The minimum atomic E-state index is -0.576. The van der Waals surface area contributed by atoms with Gasteiger partial charge in [0.25, 0.3) is 5.56 Å². The Morgan fingerprint density at radius 3 is 2.52 bits per heavy atom. The van der Waals surface area contributed by atoms with Gasteiger partial charge in [-0.15, -0.1) is 11.3 Å². The molecule has 122 valence electrons. The van der Waals surface area contributed by atoms with Gasteiger partial charge in [-0.1, -0.05) is 19.9 Å². The fraction of sp³-hybridized carbons (Fsp3) is 0.438. The molecule has 0 aliphatic carbocycles. The van der Waals surface area contributed by atoms with Crippen molar-refractivity contribution in [2.24, 2.45) is 20.0 Å². The molecule has 6 nitrogen and oxygen atoms in total. The highest BCUT2D eigenvalue weighted by atomic mass is 32.1. The van der Waals surface area contributed by atoms with E-state index in [9.17, 15) is 14.9 Å². The van der Waals surface area contributed by atoms with E-state index >= 15 is 0 Å². The molecule has 2 rings (SSSR count). The summed E-state index contributed by atoms with van der Waals surface area (Å²) >= 11 is 1.61. The second-order valence-corrected chi connectivity index (χ2v) is 6.86. The fourth-order valence-corrected chi connectivity index (χ4v) is 3.28. The zero-order valence-corrected chi connectivity index (χ0v) is 14.5. The number of rotatable bonds is 5. The van der Waals surface area contributed by atoms with Crippen LogP contribution in [0.3, 0.4) is 0 Å². The molecule has 2 heterocycles. The molecule has 0 aliphatic heterocycles. The molecule has 0 aliphatic rings. The largest absolute Gasteiger partial charge is 0.362 e. The maximum absolute atomic E-state index is 12.2. The Morgan fingerprint density at radius 1 is 1.30 bits per heavy atom. The lowest BCUT2D eigenvalue weighted by molar-refractivity contribution is 0.530. The second kappa shape index (κ2) is 6.84. The average Bonchev–Trinajstić information content (AvgIpc) is 3.04. The Hall–Kier alpha value is -2.33. The fourth-order valence-electron chi connectivity index (χ4n) is 2.49. The van der Waals surface area contributed by atoms with Gasteiger partial charge in [-0.25, -0.2) is 4.79 Å². The molecule has 1 atom stereocenters. The van der Waals surface area contributed by atoms with Crippen LogP contribution < -0.4 is 16.6 Å². The normalized spacial score (nSPS) is 12.2. The predicted octanol–water partition coefficient (Wildman–Crippen LogP) is 2.22. The molecular weight excluding hydrogens is 312 g/mol. The van der Waals surface area contributed by atoms with Crippen LogP contribution in [0, 0.1) is 17.2 Å². The van der Waals surface area contributed by atoms with Crippen molar-refractivity contribution in [1.82, 2.24) is 9.13 Å². The highest BCUT2D eigenvalue weighted by Gasteiger charge is 2.21. The standard InChI is InChI=1S/C16H20N4O2S/c1-10(2)8-12(13-6-5-7-23-13)18-14-11(9-17)15(21)20(4)16(22)19(14)3/h5-7,10,12,18H,8H2,1-4H3. The monoisotopic (exact) mass is 332 g/mol. The van der Waals surface area contributed by atoms with Gasteiger partial charge in [-0.05, 0) is 23.8 Å². The first-order valence-corrected chi connectivity index (χ1v) is 8.24. The molecule has 1 N–H and O–H groups in total. The van der Waals surface area contributed by atoms with Crippen LogP contribution in [-0.2, 0) is 14.1 Å². The Labute approximate surface area is 138 Å². The third-order valence-electron chi connectivity index (χ3n) is 3.68. The van der Waals surface area contributed by atoms with E-state index in [0.29, 0.717) is 5.92 Å². The van der Waals surface area contributed by atoms with Crippen LogP contribution in [0.5, 0.6) is 0 Å². The number of hydrogen-bond acceptors (Lipinski definition) is 5. The lowest BCUT2D eigenvalue weighted by atomic mass is 10.0. The molecule has 0 spiro atoms. The topological polar surface area (TPSA) is 79.8 Å². The van der Waals surface area contributed by atoms with Crippen LogP contribution in [0.1, 0.15) is 36.8 Å². The lowest BCUT2D eigenvalue weighted by Gasteiger charge is -2.23. The van der Waals surface area contributed by atoms with Gasteiger partial charge >= 0.3 is 5.69 Å². The van der Waals surface area contributed by atoms with Crippen LogP contribution in [0.4, 0.5) is 5.82 Å². The molecule has 0 aromatic carbocycles. The highest BCUT2D eigenvalue weighted by molar-refractivity contribution is 7.10. The molecular formula is C16H20N4O2S. The van der Waals surface area contributed by atoms with E-state index in [0.717, 1.165) is 15.9 Å². The smallest absolute Gasteiger partial charge is 0.332 e. The van der Waals surface area contributed by atoms with E-state index in [1.807, 2.05) is 23.6 Å². The second-order valence-electron chi connectivity index (χ2n) is 5.88. The van der Waals surface area contributed by atoms with Gasteiger partial charge in [0.2, 0.25) is 0 Å². The molecule has 23 heavy (non-hydrogen) atoms. The van der Waals surface area contributed by atoms with Crippen LogP contribution in [0.2, 0.25) is 0 Å². The molecule has 1 unspecified atom stereocenters. The van der Waals surface area contributed by atoms with Crippen molar-refractivity contribution in [3.05, 3.63) is 48.8 Å². The summed E-state index contributed by atoms with van der Waals surface area (Å²) in [5.74, 6) is 0.698. The summed E-state index contributed by atoms with van der Waals surface area (Å²) in [6, 6.07) is 5.84. The summed E-state index contributed by atoms with van der Waals surface area (Å²) in [5, 5.41) is 14.6. The first-order chi connectivity index (χ1) is 10.9. The summed E-state index contributed by atoms with van der Waals surface area (Å²) in [6.45, 7) is 4.22. The maximum atomic E-state index is 12.2. The van der Waals surface area contributed by atoms with E-state index in [2.05, 4.69) is 19.2 Å². The van der Waals surface area contributed by atoms with E-state index in [1.54, 1.807) is 18.4 Å². The van der Waals surface area contributed by atoms with E-state index < -0.39 is 11.2 Å². The molecule has 2 aromatic rings. The number of nitrogens with zero attached hydrogens (tertiary/aromatic N) is 3. The van der Waals surface area contributed by atoms with Crippen molar-refractivity contribution in [3.63, 3.8) is 0 Å². The van der Waals surface area contributed by atoms with Gasteiger partial charge in [-0.3, -0.25) is 13.9 Å². The molecule has 0 saturated carbocycles. The lowest BCUT2D eigenvalue weighted by Crippen LogP contribution is -2.40. The number of aromatic nitrogens is 2. The molecule has 2 aromatic heterocycles. The SMILES string of the molecule is CC(C)CC(Nc1c(C#N)c(=O)n(C)c(=O)n1C)c1cccs1. The van der Waals surface area contributed by atoms with Crippen LogP contribution in [-0.4, -0.2) is 9.13 Å². The van der Waals surface area contributed by atoms with Crippen LogP contribution >= 0.6 is 11.3 Å². The Kier molecular flexibility index (Phi) is 5.06. The van der Waals surface area contributed by atoms with Gasteiger partial charge < -0.3 is 5.32 Å². The van der Waals surface area contributed by atoms with Gasteiger partial charge in [0.15, 0.2) is 5.56 Å². The third-order valence-corrected chi connectivity index (χ3v) is 4.67. The highest BCUT2D eigenvalue weighted by Crippen LogP contribution is 2.29. The number of hydrogen-bond donors (Lipinski definition) is 1. The van der Waals surface area contributed by atoms with Crippen molar-refractivity contribution in [1.29, 1.82) is 5.26 Å². The first kappa shape index (κ1) is 17.0. The van der Waals surface area contributed by atoms with Crippen molar-refractivity contribution >= 4 is 17.2 Å². The summed E-state index contributed by atoms with van der Waals surface area (Å²) in [5.41, 5.74) is -1.07. The minimum absolute atomic E-state index is 0.0417. The number of anilines is 1. The number of nitriles is 1. The predicted molar refractivity (Wildman–Crippen MR) is 91.8 cm³/mol. The number of nitrogens with one attached hydrogen (secondary N) is 1. The Balaban J connectivity index is 2.55. The molecule has 0 bridgehead atoms. The zero-order chi connectivity index (χ0) is 17.1. The van der Waals surface area contributed by atoms with Crippen molar-refractivity contribution in [3.8, 4) is 6.07 Å². The van der Waals surface area contributed by atoms with Gasteiger partial charge in [0.1, 0.15) is 11.9 Å². The summed E-state index contributed by atoms with van der Waals surface area (Å²) in [6.07, 6.45) is 0.828. The van der Waals surface area contributed by atoms with E-state index in [1.165, 1.54) is 11.6 Å². The molecule has 7 heteroatoms. The molecule has 0 saturated heterocycles. The summed E-state index contributed by atoms with van der Waals surface area (Å²) < 4.78 is 2.27. The average molecular weight is 332 g/mol. The first-order valence-electron chi connectivity index (χ1n) is 7.36. The molecule has 0 radical (unpaired) electrons. The Bertz CT molecular complexity index is 841. The zero-order valence-electron chi connectivity index (χ0n) is 13.7. The van der Waals surface area contributed by atoms with Gasteiger partial charge in [0.05, 0.1) is 6.04 Å². The van der Waals surface area contributed by atoms with Crippen LogP contribution in [0.25, 0.3) is 0 Å². The summed E-state index contributed by atoms with van der Waals surface area (Å²) in [7, 11) is 2.94. The molecule has 0 fully saturated rings. The minimum Gasteiger partial charge on any atom is -0.362 e. The van der Waals surface area contributed by atoms with Crippen LogP contribution in [0.15, 0.2) is 27.1 Å². The quantitative estimate of drug-likeness (QED) is 0.910. The summed E-state index contributed by atoms with van der Waals surface area (Å²) in [4.78, 5) is 25.4. The van der Waals surface area contributed by atoms with Crippen molar-refractivity contribution in [2.45, 2.75) is 26.3 Å². The Morgan fingerprint density at radius 2 is 2.00 bits per heavy atom.